The van der Waals surface area contributed by atoms with Crippen molar-refractivity contribution < 1.29 is 18.8 Å². The normalized spacial score (nSPS) is 26.8. The van der Waals surface area contributed by atoms with Crippen LogP contribution in [-0.4, -0.2) is 44.6 Å². The average Bonchev–Trinajstić information content (AvgIpc) is 3.05. The molecule has 4 heteroatoms. The van der Waals surface area contributed by atoms with Gasteiger partial charge in [0.25, 0.3) is 0 Å². The highest BCUT2D eigenvalue weighted by Crippen LogP contribution is 2.44. The summed E-state index contributed by atoms with van der Waals surface area (Å²) in [4.78, 5) is 13.3. The molecule has 2 aromatic rings. The Hall–Kier alpha value is -2.33. The zero-order chi connectivity index (χ0) is 19.7. The lowest BCUT2D eigenvalue weighted by atomic mass is 9.81. The van der Waals surface area contributed by atoms with E-state index in [2.05, 4.69) is 37.4 Å². The second kappa shape index (κ2) is 7.59. The summed E-state index contributed by atoms with van der Waals surface area (Å²) in [7, 11) is 5.59. The maximum Gasteiger partial charge on any atom is 0.171 e. The van der Waals surface area contributed by atoms with Crippen molar-refractivity contribution in [3.63, 3.8) is 0 Å². The van der Waals surface area contributed by atoms with Crippen molar-refractivity contribution in [3.05, 3.63) is 59.2 Å². The van der Waals surface area contributed by atoms with Crippen molar-refractivity contribution in [3.8, 4) is 11.5 Å². The van der Waals surface area contributed by atoms with Crippen LogP contribution in [0.15, 0.2) is 42.5 Å². The smallest absolute Gasteiger partial charge is 0.171 e. The molecule has 0 spiro atoms. The van der Waals surface area contributed by atoms with Gasteiger partial charge in [-0.3, -0.25) is 4.79 Å². The number of carbonyl (C=O) groups is 1. The Bertz CT molecular complexity index is 854. The number of quaternary nitrogens is 1. The third-order valence-corrected chi connectivity index (χ3v) is 6.71. The van der Waals surface area contributed by atoms with E-state index < -0.39 is 0 Å². The molecular formula is C24H30NO3+. The van der Waals surface area contributed by atoms with Crippen LogP contribution < -0.4 is 9.47 Å². The number of ketones is 1. The Kier molecular flexibility index (Phi) is 5.15. The maximum atomic E-state index is 13.3. The Labute approximate surface area is 167 Å². The van der Waals surface area contributed by atoms with Gasteiger partial charge >= 0.3 is 0 Å². The minimum absolute atomic E-state index is 0.0847. The molecule has 1 aliphatic heterocycles. The Morgan fingerprint density at radius 2 is 1.71 bits per heavy atom. The fraction of sp³-hybridized carbons (Fsp3) is 0.458. The van der Waals surface area contributed by atoms with Gasteiger partial charge in [-0.25, -0.2) is 0 Å². The lowest BCUT2D eigenvalue weighted by Crippen LogP contribution is -2.50. The highest BCUT2D eigenvalue weighted by Gasteiger charge is 2.42. The number of methoxy groups -OCH3 is 2. The molecule has 1 unspecified atom stereocenters. The fourth-order valence-electron chi connectivity index (χ4n) is 5.10. The van der Waals surface area contributed by atoms with Gasteiger partial charge in [0.2, 0.25) is 0 Å². The standard InChI is InChI=1S/C24H30NO3/c1-25(16-17-7-5-4-6-8-17)13-11-18(12-14-25)20-15-19-9-10-21(27-2)24(28-3)22(19)23(20)26/h4-10,18,20H,11-16H2,1-3H3/q+1. The van der Waals surface area contributed by atoms with Gasteiger partial charge in [0.15, 0.2) is 17.3 Å². The number of carbonyl (C=O) groups excluding carboxylic acids is 1. The largest absolute Gasteiger partial charge is 0.493 e. The summed E-state index contributed by atoms with van der Waals surface area (Å²) in [5.41, 5.74) is 3.25. The first-order chi connectivity index (χ1) is 13.5. The van der Waals surface area contributed by atoms with E-state index in [1.807, 2.05) is 12.1 Å². The van der Waals surface area contributed by atoms with Crippen molar-refractivity contribution in [1.29, 1.82) is 0 Å². The molecule has 1 fully saturated rings. The van der Waals surface area contributed by atoms with Crippen molar-refractivity contribution in [2.45, 2.75) is 25.8 Å². The number of nitrogens with zero attached hydrogens (tertiary/aromatic N) is 1. The van der Waals surface area contributed by atoms with Crippen molar-refractivity contribution in [2.24, 2.45) is 11.8 Å². The molecule has 4 rings (SSSR count). The molecule has 0 amide bonds. The minimum atomic E-state index is 0.0847. The highest BCUT2D eigenvalue weighted by atomic mass is 16.5. The lowest BCUT2D eigenvalue weighted by Gasteiger charge is -2.42. The van der Waals surface area contributed by atoms with Gasteiger partial charge in [0.1, 0.15) is 6.54 Å². The SMILES string of the molecule is COc1ccc2c(c1OC)C(=O)C(C1CC[N+](C)(Cc3ccccc3)CC1)C2. The molecule has 1 atom stereocenters. The molecule has 1 aliphatic carbocycles. The number of rotatable bonds is 5. The van der Waals surface area contributed by atoms with Gasteiger partial charge < -0.3 is 14.0 Å². The first-order valence-electron chi connectivity index (χ1n) is 10.2. The van der Waals surface area contributed by atoms with Crippen LogP contribution >= 0.6 is 0 Å². The second-order valence-electron chi connectivity index (χ2n) is 8.56. The predicted molar refractivity (Wildman–Crippen MR) is 110 cm³/mol. The average molecular weight is 381 g/mol. The number of piperidine rings is 1. The number of ether oxygens (including phenoxy) is 2. The van der Waals surface area contributed by atoms with E-state index in [-0.39, 0.29) is 11.7 Å². The molecule has 1 saturated heterocycles. The van der Waals surface area contributed by atoms with E-state index in [1.54, 1.807) is 14.2 Å². The van der Waals surface area contributed by atoms with Gasteiger partial charge in [-0.15, -0.1) is 0 Å². The van der Waals surface area contributed by atoms with Crippen molar-refractivity contribution >= 4 is 5.78 Å². The van der Waals surface area contributed by atoms with Gasteiger partial charge in [-0.2, -0.15) is 0 Å². The third kappa shape index (κ3) is 3.42. The zero-order valence-corrected chi connectivity index (χ0v) is 17.1. The predicted octanol–water partition coefficient (Wildman–Crippen LogP) is 4.12. The fourth-order valence-corrected chi connectivity index (χ4v) is 5.10. The molecule has 0 saturated carbocycles. The van der Waals surface area contributed by atoms with Gasteiger partial charge in [-0.1, -0.05) is 36.4 Å². The Balaban J connectivity index is 1.46. The van der Waals surface area contributed by atoms with Crippen LogP contribution in [0.4, 0.5) is 0 Å². The molecule has 2 aliphatic rings. The minimum Gasteiger partial charge on any atom is -0.493 e. The van der Waals surface area contributed by atoms with E-state index in [0.29, 0.717) is 17.4 Å². The summed E-state index contributed by atoms with van der Waals surface area (Å²) in [5.74, 6) is 2.04. The second-order valence-corrected chi connectivity index (χ2v) is 8.56. The summed E-state index contributed by atoms with van der Waals surface area (Å²) < 4.78 is 12.0. The Morgan fingerprint density at radius 1 is 1.00 bits per heavy atom. The third-order valence-electron chi connectivity index (χ3n) is 6.71. The highest BCUT2D eigenvalue weighted by molar-refractivity contribution is 6.05. The van der Waals surface area contributed by atoms with E-state index in [9.17, 15) is 4.79 Å². The molecule has 0 N–H and O–H groups in total. The van der Waals surface area contributed by atoms with Crippen LogP contribution in [0, 0.1) is 11.8 Å². The van der Waals surface area contributed by atoms with E-state index in [1.165, 1.54) is 5.56 Å². The summed E-state index contributed by atoms with van der Waals surface area (Å²) in [6.07, 6.45) is 3.04. The van der Waals surface area contributed by atoms with E-state index in [0.717, 1.165) is 54.5 Å². The number of hydrogen-bond acceptors (Lipinski definition) is 3. The lowest BCUT2D eigenvalue weighted by molar-refractivity contribution is -0.928. The Morgan fingerprint density at radius 3 is 2.36 bits per heavy atom. The molecule has 0 radical (unpaired) electrons. The molecule has 0 aromatic heterocycles. The number of benzene rings is 2. The molecule has 1 heterocycles. The molecule has 0 bridgehead atoms. The van der Waals surface area contributed by atoms with Crippen LogP contribution in [-0.2, 0) is 13.0 Å². The quantitative estimate of drug-likeness (QED) is 0.732. The van der Waals surface area contributed by atoms with Crippen LogP contribution in [0.25, 0.3) is 0 Å². The van der Waals surface area contributed by atoms with Crippen LogP contribution in [0.5, 0.6) is 11.5 Å². The van der Waals surface area contributed by atoms with Crippen molar-refractivity contribution in [2.75, 3.05) is 34.4 Å². The zero-order valence-electron chi connectivity index (χ0n) is 17.1. The summed E-state index contributed by atoms with van der Waals surface area (Å²) in [6.45, 7) is 3.32. The maximum absolute atomic E-state index is 13.3. The van der Waals surface area contributed by atoms with Gasteiger partial charge in [-0.05, 0) is 24.0 Å². The monoisotopic (exact) mass is 380 g/mol. The molecule has 4 nitrogen and oxygen atoms in total. The summed E-state index contributed by atoms with van der Waals surface area (Å²) >= 11 is 0. The van der Waals surface area contributed by atoms with Crippen LogP contribution in [0.1, 0.15) is 34.3 Å². The topological polar surface area (TPSA) is 35.5 Å². The number of fused-ring (bicyclic) bond motifs is 1. The number of hydrogen-bond donors (Lipinski definition) is 0. The molecule has 28 heavy (non-hydrogen) atoms. The molecule has 2 aromatic carbocycles. The van der Waals surface area contributed by atoms with Gasteiger partial charge in [0, 0.05) is 24.3 Å². The molecular weight excluding hydrogens is 350 g/mol. The number of Topliss-reactive ketones (excluding diaryl/α,β-unsaturated/α-hetero) is 1. The summed E-state index contributed by atoms with van der Waals surface area (Å²) in [5, 5.41) is 0. The molecule has 148 valence electrons. The van der Waals surface area contributed by atoms with Crippen LogP contribution in [0.2, 0.25) is 0 Å². The first-order valence-corrected chi connectivity index (χ1v) is 10.2. The first kappa shape index (κ1) is 19.0. The van der Waals surface area contributed by atoms with Crippen LogP contribution in [0.3, 0.4) is 0 Å². The number of likely N-dealkylation sites (tertiary alicyclic amines) is 1. The van der Waals surface area contributed by atoms with E-state index in [4.69, 9.17) is 9.47 Å². The van der Waals surface area contributed by atoms with Crippen molar-refractivity contribution in [1.82, 2.24) is 0 Å². The van der Waals surface area contributed by atoms with Gasteiger partial charge in [0.05, 0.1) is 39.9 Å². The van der Waals surface area contributed by atoms with E-state index >= 15 is 0 Å². The summed E-state index contributed by atoms with van der Waals surface area (Å²) in [6, 6.07) is 14.7.